The second kappa shape index (κ2) is 10.7. The van der Waals surface area contributed by atoms with Gasteiger partial charge < -0.3 is 8.83 Å². The molecule has 0 aliphatic rings. The van der Waals surface area contributed by atoms with Gasteiger partial charge in [-0.1, -0.05) is 115 Å². The maximum atomic E-state index is 6.53. The molecule has 0 bridgehead atoms. The fourth-order valence-electron chi connectivity index (χ4n) is 7.58. The molecule has 0 radical (unpaired) electrons. The number of nitrogens with zero attached hydrogens (tertiary/aromatic N) is 4. The Morgan fingerprint density at radius 1 is 0.392 bits per heavy atom. The normalized spacial score (nSPS) is 11.9. The Hall–Kier alpha value is -7.05. The van der Waals surface area contributed by atoms with Crippen LogP contribution in [-0.2, 0) is 0 Å². The first kappa shape index (κ1) is 27.9. The van der Waals surface area contributed by atoms with E-state index in [2.05, 4.69) is 83.4 Å². The summed E-state index contributed by atoms with van der Waals surface area (Å²) in [5.41, 5.74) is 9.30. The van der Waals surface area contributed by atoms with E-state index >= 15 is 0 Å². The van der Waals surface area contributed by atoms with Crippen LogP contribution in [0, 0.1) is 0 Å². The predicted molar refractivity (Wildman–Crippen MR) is 205 cm³/mol. The molecule has 0 amide bonds. The highest BCUT2D eigenvalue weighted by molar-refractivity contribution is 6.23. The topological polar surface area (TPSA) is 69.9 Å². The van der Waals surface area contributed by atoms with Crippen molar-refractivity contribution in [2.75, 3.05) is 0 Å². The maximum Gasteiger partial charge on any atom is 0.238 e. The number of benzene rings is 7. The van der Waals surface area contributed by atoms with Gasteiger partial charge in [-0.15, -0.1) is 0 Å². The van der Waals surface area contributed by atoms with Gasteiger partial charge in [0.25, 0.3) is 0 Å². The van der Waals surface area contributed by atoms with Gasteiger partial charge in [-0.2, -0.15) is 9.97 Å². The number of hydrogen-bond acceptors (Lipinski definition) is 5. The van der Waals surface area contributed by atoms with Gasteiger partial charge in [-0.25, -0.2) is 4.98 Å². The zero-order valence-electron chi connectivity index (χ0n) is 27.1. The third-order valence-electron chi connectivity index (χ3n) is 9.88. The number of fused-ring (bicyclic) bond motifs is 10. The SMILES string of the molecule is c1ccc(-c2nc(-c3ccc4c(c3)oc3cccc(-c5ccccc5)c34)nc(-n3c4ccccc4c4c5oc6ccccc6c5ccc43)n2)cc1. The summed E-state index contributed by atoms with van der Waals surface area (Å²) in [4.78, 5) is 15.4. The van der Waals surface area contributed by atoms with Crippen molar-refractivity contribution in [2.45, 2.75) is 0 Å². The standard InChI is InChI=1S/C45H26N4O2/c1-3-12-27(13-4-1)30-18-11-21-38-40(30)34-23-22-29(26-39(34)50-38)44-46-43(28-14-5-2-6-15-28)47-45(48-44)49-35-19-9-7-17-33(35)41-36(49)25-24-32-31-16-8-10-20-37(31)51-42(32)41/h1-26H. The summed E-state index contributed by atoms with van der Waals surface area (Å²) >= 11 is 0. The highest BCUT2D eigenvalue weighted by Gasteiger charge is 2.22. The van der Waals surface area contributed by atoms with E-state index < -0.39 is 0 Å². The van der Waals surface area contributed by atoms with Crippen LogP contribution in [-0.4, -0.2) is 19.5 Å². The van der Waals surface area contributed by atoms with Gasteiger partial charge in [0.2, 0.25) is 5.95 Å². The second-order valence-corrected chi connectivity index (χ2v) is 12.8. The molecular weight excluding hydrogens is 629 g/mol. The number of rotatable bonds is 4. The van der Waals surface area contributed by atoms with Crippen LogP contribution in [0.4, 0.5) is 0 Å². The third kappa shape index (κ3) is 4.20. The van der Waals surface area contributed by atoms with Gasteiger partial charge in [0.1, 0.15) is 22.3 Å². The van der Waals surface area contributed by atoms with E-state index in [1.165, 1.54) is 0 Å². The zero-order valence-corrected chi connectivity index (χ0v) is 27.1. The molecule has 0 fully saturated rings. The molecular formula is C45H26N4O2. The third-order valence-corrected chi connectivity index (χ3v) is 9.88. The Kier molecular flexibility index (Phi) is 5.86. The van der Waals surface area contributed by atoms with Crippen LogP contribution in [0.1, 0.15) is 0 Å². The maximum absolute atomic E-state index is 6.53. The minimum Gasteiger partial charge on any atom is -0.456 e. The molecule has 0 spiro atoms. The molecule has 7 aromatic carbocycles. The minimum absolute atomic E-state index is 0.525. The van der Waals surface area contributed by atoms with Gasteiger partial charge in [0, 0.05) is 38.1 Å². The molecule has 11 aromatic rings. The Morgan fingerprint density at radius 2 is 1.08 bits per heavy atom. The minimum atomic E-state index is 0.525. The molecule has 0 aliphatic heterocycles. The van der Waals surface area contributed by atoms with E-state index in [9.17, 15) is 0 Å². The molecule has 11 rings (SSSR count). The average molecular weight is 655 g/mol. The van der Waals surface area contributed by atoms with Crippen molar-refractivity contribution in [3.8, 4) is 39.9 Å². The van der Waals surface area contributed by atoms with E-state index in [1.54, 1.807) is 0 Å². The average Bonchev–Trinajstić information content (AvgIpc) is 3.87. The molecule has 6 heteroatoms. The molecule has 0 unspecified atom stereocenters. The smallest absolute Gasteiger partial charge is 0.238 e. The van der Waals surface area contributed by atoms with Crippen LogP contribution in [0.3, 0.4) is 0 Å². The summed E-state index contributed by atoms with van der Waals surface area (Å²) in [6.07, 6.45) is 0. The van der Waals surface area contributed by atoms with E-state index in [0.717, 1.165) is 87.9 Å². The Morgan fingerprint density at radius 3 is 1.92 bits per heavy atom. The van der Waals surface area contributed by atoms with Crippen molar-refractivity contribution in [3.05, 3.63) is 158 Å². The molecule has 0 saturated heterocycles. The number of para-hydroxylation sites is 2. The monoisotopic (exact) mass is 654 g/mol. The van der Waals surface area contributed by atoms with Crippen molar-refractivity contribution in [3.63, 3.8) is 0 Å². The summed E-state index contributed by atoms with van der Waals surface area (Å²) in [6, 6.07) is 53.8. The summed E-state index contributed by atoms with van der Waals surface area (Å²) in [5, 5.41) is 6.41. The van der Waals surface area contributed by atoms with Crippen molar-refractivity contribution < 1.29 is 8.83 Å². The summed E-state index contributed by atoms with van der Waals surface area (Å²) < 4.78 is 15.1. The van der Waals surface area contributed by atoms with Crippen LogP contribution >= 0.6 is 0 Å². The van der Waals surface area contributed by atoms with Gasteiger partial charge in [-0.05, 0) is 53.6 Å². The van der Waals surface area contributed by atoms with Gasteiger partial charge in [0.05, 0.1) is 16.4 Å². The molecule has 0 saturated carbocycles. The largest absolute Gasteiger partial charge is 0.456 e. The highest BCUT2D eigenvalue weighted by atomic mass is 16.3. The zero-order chi connectivity index (χ0) is 33.5. The van der Waals surface area contributed by atoms with Crippen LogP contribution in [0.15, 0.2) is 167 Å². The lowest BCUT2D eigenvalue weighted by molar-refractivity contribution is 0.669. The molecule has 4 aromatic heterocycles. The summed E-state index contributed by atoms with van der Waals surface area (Å²) in [6.45, 7) is 0. The lowest BCUT2D eigenvalue weighted by atomic mass is 9.99. The lowest BCUT2D eigenvalue weighted by Crippen LogP contribution is -2.06. The molecule has 51 heavy (non-hydrogen) atoms. The highest BCUT2D eigenvalue weighted by Crippen LogP contribution is 2.41. The quantitative estimate of drug-likeness (QED) is 0.189. The number of hydrogen-bond donors (Lipinski definition) is 0. The molecule has 238 valence electrons. The fraction of sp³-hybridized carbons (Fsp3) is 0. The van der Waals surface area contributed by atoms with Crippen molar-refractivity contribution in [2.24, 2.45) is 0 Å². The Bertz CT molecular complexity index is 3140. The molecule has 6 nitrogen and oxygen atoms in total. The summed E-state index contributed by atoms with van der Waals surface area (Å²) in [5.74, 6) is 1.67. The lowest BCUT2D eigenvalue weighted by Gasteiger charge is -2.11. The molecule has 0 aliphatic carbocycles. The first-order valence-electron chi connectivity index (χ1n) is 16.9. The van der Waals surface area contributed by atoms with Crippen molar-refractivity contribution >= 4 is 65.7 Å². The van der Waals surface area contributed by atoms with Gasteiger partial charge >= 0.3 is 0 Å². The van der Waals surface area contributed by atoms with Crippen LogP contribution in [0.25, 0.3) is 106 Å². The van der Waals surface area contributed by atoms with E-state index in [-0.39, 0.29) is 0 Å². The van der Waals surface area contributed by atoms with Gasteiger partial charge in [0.15, 0.2) is 11.6 Å². The molecule has 4 heterocycles. The van der Waals surface area contributed by atoms with E-state index in [4.69, 9.17) is 23.8 Å². The Balaban J connectivity index is 1.16. The Labute approximate surface area is 290 Å². The van der Waals surface area contributed by atoms with Crippen LogP contribution in [0.5, 0.6) is 0 Å². The van der Waals surface area contributed by atoms with Crippen molar-refractivity contribution in [1.82, 2.24) is 19.5 Å². The van der Waals surface area contributed by atoms with Crippen molar-refractivity contribution in [1.29, 1.82) is 0 Å². The molecule has 0 N–H and O–H groups in total. The predicted octanol–water partition coefficient (Wildman–Crippen LogP) is 11.8. The van der Waals surface area contributed by atoms with E-state index in [0.29, 0.717) is 17.6 Å². The fourth-order valence-corrected chi connectivity index (χ4v) is 7.58. The molecule has 0 atom stereocenters. The van der Waals surface area contributed by atoms with Crippen LogP contribution < -0.4 is 0 Å². The number of furan rings is 2. The second-order valence-electron chi connectivity index (χ2n) is 12.8. The van der Waals surface area contributed by atoms with Gasteiger partial charge in [-0.3, -0.25) is 4.57 Å². The van der Waals surface area contributed by atoms with E-state index in [1.807, 2.05) is 78.9 Å². The summed E-state index contributed by atoms with van der Waals surface area (Å²) in [7, 11) is 0. The van der Waals surface area contributed by atoms with Crippen LogP contribution in [0.2, 0.25) is 0 Å². The first-order valence-corrected chi connectivity index (χ1v) is 16.9. The first-order chi connectivity index (χ1) is 25.3. The number of aromatic nitrogens is 4.